The summed E-state index contributed by atoms with van der Waals surface area (Å²) in [6.07, 6.45) is 8.21. The van der Waals surface area contributed by atoms with Crippen LogP contribution < -0.4 is 5.32 Å². The lowest BCUT2D eigenvalue weighted by Gasteiger charge is -2.19. The highest BCUT2D eigenvalue weighted by Crippen LogP contribution is 2.28. The fourth-order valence-electron chi connectivity index (χ4n) is 3.31. The maximum absolute atomic E-state index is 5.87. The van der Waals surface area contributed by atoms with Crippen LogP contribution in [0, 0.1) is 12.3 Å². The fraction of sp³-hybridized carbons (Fsp3) is 0.348. The molecule has 0 spiro atoms. The lowest BCUT2D eigenvalue weighted by Crippen LogP contribution is -2.36. The van der Waals surface area contributed by atoms with E-state index in [4.69, 9.17) is 16.2 Å². The van der Waals surface area contributed by atoms with Crippen LogP contribution in [-0.2, 0) is 11.2 Å². The normalized spacial score (nSPS) is 20.1. The third-order valence-corrected chi connectivity index (χ3v) is 4.63. The number of rotatable bonds is 8. The molecule has 26 heavy (non-hydrogen) atoms. The average molecular weight is 346 g/mol. The van der Waals surface area contributed by atoms with Gasteiger partial charge in [-0.3, -0.25) is 4.99 Å². The minimum atomic E-state index is -0.146. The third kappa shape index (κ3) is 4.74. The molecular weight excluding hydrogens is 320 g/mol. The number of aliphatic imine (C=N–C) groups is 1. The van der Waals surface area contributed by atoms with E-state index in [-0.39, 0.29) is 18.2 Å². The molecule has 2 aromatic carbocycles. The Morgan fingerprint density at radius 2 is 1.81 bits per heavy atom. The highest BCUT2D eigenvalue weighted by atomic mass is 16.5. The molecule has 134 valence electrons. The number of terminal acetylenes is 1. The summed E-state index contributed by atoms with van der Waals surface area (Å²) in [6.45, 7) is 2.55. The Morgan fingerprint density at radius 1 is 1.12 bits per heavy atom. The predicted octanol–water partition coefficient (Wildman–Crippen LogP) is 4.16. The van der Waals surface area contributed by atoms with Gasteiger partial charge in [0.1, 0.15) is 18.5 Å². The summed E-state index contributed by atoms with van der Waals surface area (Å²) in [6, 6.07) is 21.3. The van der Waals surface area contributed by atoms with E-state index in [2.05, 4.69) is 66.7 Å². The van der Waals surface area contributed by atoms with E-state index < -0.39 is 0 Å². The molecule has 0 aromatic heterocycles. The van der Waals surface area contributed by atoms with Crippen LogP contribution in [0.15, 0.2) is 65.7 Å². The smallest absolute Gasteiger partial charge is 0.124 e. The second-order valence-corrected chi connectivity index (χ2v) is 6.63. The molecule has 0 amide bonds. The molecular formula is C23H26N2O. The summed E-state index contributed by atoms with van der Waals surface area (Å²) >= 11 is 0. The first-order valence-corrected chi connectivity index (χ1v) is 9.30. The highest BCUT2D eigenvalue weighted by Gasteiger charge is 2.30. The molecule has 3 rings (SSSR count). The average Bonchev–Trinajstić information content (AvgIpc) is 3.09. The number of hydrogen-bond acceptors (Lipinski definition) is 3. The molecule has 0 saturated heterocycles. The van der Waals surface area contributed by atoms with E-state index in [1.807, 2.05) is 12.1 Å². The van der Waals surface area contributed by atoms with Gasteiger partial charge in [-0.25, -0.2) is 0 Å². The Labute approximate surface area is 156 Å². The first kappa shape index (κ1) is 18.2. The zero-order valence-electron chi connectivity index (χ0n) is 15.3. The van der Waals surface area contributed by atoms with Crippen molar-refractivity contribution in [3.8, 4) is 12.3 Å². The largest absolute Gasteiger partial charge is 0.366 e. The van der Waals surface area contributed by atoms with Gasteiger partial charge in [-0.05, 0) is 24.0 Å². The predicted molar refractivity (Wildman–Crippen MR) is 107 cm³/mol. The van der Waals surface area contributed by atoms with Crippen molar-refractivity contribution < 1.29 is 4.74 Å². The van der Waals surface area contributed by atoms with E-state index >= 15 is 0 Å². The van der Waals surface area contributed by atoms with Gasteiger partial charge in [0.2, 0.25) is 0 Å². The molecule has 1 heterocycles. The van der Waals surface area contributed by atoms with Crippen LogP contribution in [-0.4, -0.2) is 24.6 Å². The molecule has 1 aliphatic heterocycles. The van der Waals surface area contributed by atoms with Gasteiger partial charge in [0.15, 0.2) is 0 Å². The summed E-state index contributed by atoms with van der Waals surface area (Å²) in [5.41, 5.74) is 2.52. The molecule has 3 atom stereocenters. The number of benzene rings is 2. The number of amidine groups is 1. The van der Waals surface area contributed by atoms with Crippen molar-refractivity contribution in [3.63, 3.8) is 0 Å². The lowest BCUT2D eigenvalue weighted by atomic mass is 9.95. The molecule has 3 unspecified atom stereocenters. The van der Waals surface area contributed by atoms with Crippen molar-refractivity contribution in [2.24, 2.45) is 4.99 Å². The molecule has 0 radical (unpaired) electrons. The summed E-state index contributed by atoms with van der Waals surface area (Å²) in [7, 11) is 0. The van der Waals surface area contributed by atoms with Gasteiger partial charge >= 0.3 is 0 Å². The van der Waals surface area contributed by atoms with Crippen LogP contribution in [0.3, 0.4) is 0 Å². The second kappa shape index (κ2) is 9.22. The van der Waals surface area contributed by atoms with Gasteiger partial charge in [0, 0.05) is 0 Å². The highest BCUT2D eigenvalue weighted by molar-refractivity contribution is 5.86. The van der Waals surface area contributed by atoms with Gasteiger partial charge in [-0.15, -0.1) is 6.42 Å². The zero-order chi connectivity index (χ0) is 18.2. The minimum absolute atomic E-state index is 0.0884. The number of nitrogens with zero attached hydrogens (tertiary/aromatic N) is 1. The van der Waals surface area contributed by atoms with E-state index in [1.165, 1.54) is 11.1 Å². The van der Waals surface area contributed by atoms with Crippen molar-refractivity contribution in [1.29, 1.82) is 0 Å². The molecule has 2 aromatic rings. The molecule has 3 nitrogen and oxygen atoms in total. The first-order chi connectivity index (χ1) is 12.8. The standard InChI is InChI=1S/C23H26N2O/c1-3-11-20(4-2)26-17-22-24-21(16-18-12-7-5-8-13-18)23(25-22)19-14-9-6-10-15-19/h2,5-10,12-15,20-21,23H,3,11,16-17H2,1H3,(H,24,25). The Kier molecular flexibility index (Phi) is 6.46. The van der Waals surface area contributed by atoms with Gasteiger partial charge in [0.05, 0.1) is 12.1 Å². The van der Waals surface area contributed by atoms with Crippen molar-refractivity contribution in [2.45, 2.75) is 44.4 Å². The molecule has 0 fully saturated rings. The summed E-state index contributed by atoms with van der Waals surface area (Å²) < 4.78 is 5.87. The van der Waals surface area contributed by atoms with Crippen LogP contribution in [0.25, 0.3) is 0 Å². The van der Waals surface area contributed by atoms with E-state index in [0.717, 1.165) is 25.1 Å². The minimum Gasteiger partial charge on any atom is -0.366 e. The Morgan fingerprint density at radius 3 is 2.46 bits per heavy atom. The van der Waals surface area contributed by atoms with Gasteiger partial charge < -0.3 is 10.1 Å². The second-order valence-electron chi connectivity index (χ2n) is 6.63. The molecule has 0 saturated carbocycles. The molecule has 3 heteroatoms. The topological polar surface area (TPSA) is 33.6 Å². The van der Waals surface area contributed by atoms with Crippen LogP contribution in [0.5, 0.6) is 0 Å². The number of nitrogens with one attached hydrogen (secondary N) is 1. The molecule has 0 aliphatic carbocycles. The van der Waals surface area contributed by atoms with Crippen molar-refractivity contribution in [1.82, 2.24) is 5.32 Å². The zero-order valence-corrected chi connectivity index (χ0v) is 15.3. The van der Waals surface area contributed by atoms with Gasteiger partial charge in [-0.1, -0.05) is 79.9 Å². The van der Waals surface area contributed by atoms with E-state index in [1.54, 1.807) is 0 Å². The molecule has 1 aliphatic rings. The molecule has 1 N–H and O–H groups in total. The SMILES string of the molecule is C#CC(CCC)OCC1=NC(c2ccccc2)C(Cc2ccccc2)N1. The van der Waals surface area contributed by atoms with Crippen LogP contribution in [0.1, 0.15) is 36.9 Å². The quantitative estimate of drug-likeness (QED) is 0.728. The lowest BCUT2D eigenvalue weighted by molar-refractivity contribution is 0.116. The third-order valence-electron chi connectivity index (χ3n) is 4.63. The Hall–Kier alpha value is -2.57. The van der Waals surface area contributed by atoms with Gasteiger partial charge in [-0.2, -0.15) is 0 Å². The van der Waals surface area contributed by atoms with Crippen molar-refractivity contribution in [3.05, 3.63) is 71.8 Å². The van der Waals surface area contributed by atoms with E-state index in [9.17, 15) is 0 Å². The number of ether oxygens (including phenoxy) is 1. The molecule has 0 bridgehead atoms. The van der Waals surface area contributed by atoms with Gasteiger partial charge in [0.25, 0.3) is 0 Å². The van der Waals surface area contributed by atoms with Crippen LogP contribution in [0.4, 0.5) is 0 Å². The summed E-state index contributed by atoms with van der Waals surface area (Å²) in [4.78, 5) is 4.91. The number of hydrogen-bond donors (Lipinski definition) is 1. The summed E-state index contributed by atoms with van der Waals surface area (Å²) in [5, 5.41) is 3.57. The maximum Gasteiger partial charge on any atom is 0.124 e. The van der Waals surface area contributed by atoms with Crippen LogP contribution >= 0.6 is 0 Å². The Bertz CT molecular complexity index is 749. The fourth-order valence-corrected chi connectivity index (χ4v) is 3.31. The first-order valence-electron chi connectivity index (χ1n) is 9.30. The Balaban J connectivity index is 1.72. The van der Waals surface area contributed by atoms with Crippen molar-refractivity contribution >= 4 is 5.84 Å². The van der Waals surface area contributed by atoms with E-state index in [0.29, 0.717) is 6.61 Å². The summed E-state index contributed by atoms with van der Waals surface area (Å²) in [5.74, 6) is 3.60. The van der Waals surface area contributed by atoms with Crippen molar-refractivity contribution in [2.75, 3.05) is 6.61 Å². The monoisotopic (exact) mass is 346 g/mol. The van der Waals surface area contributed by atoms with Crippen LogP contribution in [0.2, 0.25) is 0 Å². The maximum atomic E-state index is 5.87.